The van der Waals surface area contributed by atoms with Crippen LogP contribution in [-0.4, -0.2) is 37.4 Å². The summed E-state index contributed by atoms with van der Waals surface area (Å²) in [6.07, 6.45) is 1.64. The van der Waals surface area contributed by atoms with Crippen molar-refractivity contribution in [3.05, 3.63) is 83.6 Å². The second-order valence-corrected chi connectivity index (χ2v) is 7.14. The van der Waals surface area contributed by atoms with Crippen LogP contribution >= 0.6 is 0 Å². The number of benzene rings is 2. The Morgan fingerprint density at radius 1 is 1.06 bits per heavy atom. The van der Waals surface area contributed by atoms with Gasteiger partial charge in [-0.2, -0.15) is 5.26 Å². The van der Waals surface area contributed by atoms with Crippen molar-refractivity contribution in [2.75, 3.05) is 35.8 Å². The molecule has 1 N–H and O–H groups in total. The smallest absolute Gasteiger partial charge is 0.259 e. The van der Waals surface area contributed by atoms with E-state index in [1.807, 2.05) is 13.0 Å². The van der Waals surface area contributed by atoms with Gasteiger partial charge in [0.05, 0.1) is 18.2 Å². The lowest BCUT2D eigenvalue weighted by atomic mass is 10.1. The number of aryl methyl sites for hydroxylation is 1. The van der Waals surface area contributed by atoms with Crippen LogP contribution in [0, 0.1) is 18.3 Å². The average molecular weight is 413 g/mol. The third-order valence-corrected chi connectivity index (χ3v) is 4.86. The molecule has 7 nitrogen and oxygen atoms in total. The molecule has 0 radical (unpaired) electrons. The number of anilines is 3. The van der Waals surface area contributed by atoms with Crippen molar-refractivity contribution < 1.29 is 9.59 Å². The molecule has 0 aliphatic rings. The van der Waals surface area contributed by atoms with Crippen molar-refractivity contribution in [1.82, 2.24) is 4.98 Å². The van der Waals surface area contributed by atoms with Gasteiger partial charge in [0.1, 0.15) is 5.82 Å². The molecule has 0 aliphatic heterocycles. The number of amides is 2. The number of rotatable bonds is 6. The summed E-state index contributed by atoms with van der Waals surface area (Å²) < 4.78 is 0. The summed E-state index contributed by atoms with van der Waals surface area (Å²) in [5, 5.41) is 11.7. The van der Waals surface area contributed by atoms with Crippen LogP contribution in [0.4, 0.5) is 17.2 Å². The first kappa shape index (κ1) is 21.5. The van der Waals surface area contributed by atoms with Gasteiger partial charge in [0.15, 0.2) is 0 Å². The summed E-state index contributed by atoms with van der Waals surface area (Å²) >= 11 is 0. The summed E-state index contributed by atoms with van der Waals surface area (Å²) in [5.74, 6) is 0.209. The number of carbonyl (C=O) groups excluding carboxylic acids is 2. The molecular formula is C24H23N5O2. The van der Waals surface area contributed by atoms with E-state index in [-0.39, 0.29) is 18.4 Å². The van der Waals surface area contributed by atoms with E-state index in [4.69, 9.17) is 5.26 Å². The summed E-state index contributed by atoms with van der Waals surface area (Å²) in [7, 11) is 3.49. The van der Waals surface area contributed by atoms with Crippen molar-refractivity contribution in [3.63, 3.8) is 0 Å². The maximum atomic E-state index is 12.8. The Bertz CT molecular complexity index is 1120. The monoisotopic (exact) mass is 413 g/mol. The highest BCUT2D eigenvalue weighted by Gasteiger charge is 2.17. The van der Waals surface area contributed by atoms with Crippen LogP contribution in [0.2, 0.25) is 0 Å². The van der Waals surface area contributed by atoms with E-state index in [2.05, 4.69) is 16.4 Å². The number of pyridine rings is 1. The molecule has 2 aromatic carbocycles. The summed E-state index contributed by atoms with van der Waals surface area (Å²) in [6, 6.07) is 19.7. The molecule has 0 atom stereocenters. The number of hydrogen-bond acceptors (Lipinski definition) is 5. The molecule has 0 fully saturated rings. The van der Waals surface area contributed by atoms with E-state index in [9.17, 15) is 9.59 Å². The van der Waals surface area contributed by atoms with Crippen LogP contribution in [0.1, 0.15) is 21.5 Å². The molecule has 0 spiro atoms. The minimum absolute atomic E-state index is 0.147. The molecule has 0 saturated heterocycles. The molecule has 0 saturated carbocycles. The SMILES string of the molecule is Cc1cc(NC(=O)CN(C)c2ccc(C#N)cc2)ccc1C(=O)N(C)c1ccccn1. The summed E-state index contributed by atoms with van der Waals surface area (Å²) in [6.45, 7) is 1.98. The molecule has 0 bridgehead atoms. The largest absolute Gasteiger partial charge is 0.365 e. The zero-order chi connectivity index (χ0) is 22.4. The van der Waals surface area contributed by atoms with Gasteiger partial charge in [0, 0.05) is 37.2 Å². The minimum atomic E-state index is -0.184. The van der Waals surface area contributed by atoms with Crippen LogP contribution in [0.3, 0.4) is 0 Å². The Hall–Kier alpha value is -4.18. The van der Waals surface area contributed by atoms with E-state index >= 15 is 0 Å². The van der Waals surface area contributed by atoms with Gasteiger partial charge in [0.2, 0.25) is 5.91 Å². The van der Waals surface area contributed by atoms with Crippen molar-refractivity contribution in [3.8, 4) is 6.07 Å². The fourth-order valence-electron chi connectivity index (χ4n) is 3.12. The molecule has 3 rings (SSSR count). The van der Waals surface area contributed by atoms with Crippen molar-refractivity contribution in [2.45, 2.75) is 6.92 Å². The molecule has 3 aromatic rings. The number of nitrogens with zero attached hydrogens (tertiary/aromatic N) is 4. The number of carbonyl (C=O) groups is 2. The molecular weight excluding hydrogens is 390 g/mol. The van der Waals surface area contributed by atoms with E-state index in [0.29, 0.717) is 22.6 Å². The first-order valence-corrected chi connectivity index (χ1v) is 9.70. The van der Waals surface area contributed by atoms with Gasteiger partial charge in [-0.1, -0.05) is 6.07 Å². The van der Waals surface area contributed by atoms with Gasteiger partial charge < -0.3 is 10.2 Å². The lowest BCUT2D eigenvalue weighted by Gasteiger charge is -2.19. The molecule has 1 heterocycles. The van der Waals surface area contributed by atoms with Crippen LogP contribution in [0.5, 0.6) is 0 Å². The summed E-state index contributed by atoms with van der Waals surface area (Å²) in [5.41, 5.74) is 3.32. The van der Waals surface area contributed by atoms with Crippen molar-refractivity contribution in [1.29, 1.82) is 5.26 Å². The standard InChI is InChI=1S/C24H23N5O2/c1-17-14-19(9-12-21(17)24(31)29(3)22-6-4-5-13-26-22)27-23(30)16-28(2)20-10-7-18(15-25)8-11-20/h4-14H,16H2,1-3H3,(H,27,30). The van der Waals surface area contributed by atoms with E-state index in [0.717, 1.165) is 11.3 Å². The number of hydrogen-bond donors (Lipinski definition) is 1. The summed E-state index contributed by atoms with van der Waals surface area (Å²) in [4.78, 5) is 32.8. The highest BCUT2D eigenvalue weighted by Crippen LogP contribution is 2.19. The Morgan fingerprint density at radius 2 is 1.81 bits per heavy atom. The Labute approximate surface area is 181 Å². The maximum Gasteiger partial charge on any atom is 0.259 e. The molecule has 0 aliphatic carbocycles. The molecule has 0 unspecified atom stereocenters. The Balaban J connectivity index is 1.64. The van der Waals surface area contributed by atoms with Gasteiger partial charge in [-0.15, -0.1) is 0 Å². The molecule has 7 heteroatoms. The predicted molar refractivity (Wildman–Crippen MR) is 121 cm³/mol. The molecule has 2 amide bonds. The number of likely N-dealkylation sites (N-methyl/N-ethyl adjacent to an activating group) is 1. The van der Waals surface area contributed by atoms with Crippen LogP contribution in [0.25, 0.3) is 0 Å². The van der Waals surface area contributed by atoms with Gasteiger partial charge in [-0.3, -0.25) is 14.5 Å². The maximum absolute atomic E-state index is 12.8. The first-order valence-electron chi connectivity index (χ1n) is 9.70. The number of aromatic nitrogens is 1. The zero-order valence-corrected chi connectivity index (χ0v) is 17.7. The Morgan fingerprint density at radius 3 is 2.42 bits per heavy atom. The van der Waals surface area contributed by atoms with Crippen LogP contribution in [-0.2, 0) is 4.79 Å². The van der Waals surface area contributed by atoms with Gasteiger partial charge in [-0.05, 0) is 67.1 Å². The van der Waals surface area contributed by atoms with Crippen LogP contribution in [0.15, 0.2) is 66.9 Å². The first-order chi connectivity index (χ1) is 14.9. The predicted octanol–water partition coefficient (Wildman–Crippen LogP) is 3.61. The molecule has 31 heavy (non-hydrogen) atoms. The van der Waals surface area contributed by atoms with E-state index in [1.54, 1.807) is 79.8 Å². The molecule has 156 valence electrons. The molecule has 1 aromatic heterocycles. The minimum Gasteiger partial charge on any atom is -0.365 e. The lowest BCUT2D eigenvalue weighted by molar-refractivity contribution is -0.114. The van der Waals surface area contributed by atoms with Crippen molar-refractivity contribution in [2.24, 2.45) is 0 Å². The van der Waals surface area contributed by atoms with E-state index < -0.39 is 0 Å². The average Bonchev–Trinajstić information content (AvgIpc) is 2.78. The quantitative estimate of drug-likeness (QED) is 0.667. The normalized spacial score (nSPS) is 10.1. The fraction of sp³-hybridized carbons (Fsp3) is 0.167. The zero-order valence-electron chi connectivity index (χ0n) is 17.7. The van der Waals surface area contributed by atoms with Crippen LogP contribution < -0.4 is 15.1 Å². The topological polar surface area (TPSA) is 89.3 Å². The third kappa shape index (κ3) is 5.25. The fourth-order valence-corrected chi connectivity index (χ4v) is 3.12. The van der Waals surface area contributed by atoms with Gasteiger partial charge >= 0.3 is 0 Å². The second-order valence-electron chi connectivity index (χ2n) is 7.14. The highest BCUT2D eigenvalue weighted by atomic mass is 16.2. The van der Waals surface area contributed by atoms with E-state index in [1.165, 1.54) is 4.90 Å². The number of nitrogens with one attached hydrogen (secondary N) is 1. The highest BCUT2D eigenvalue weighted by molar-refractivity contribution is 6.06. The lowest BCUT2D eigenvalue weighted by Crippen LogP contribution is -2.30. The third-order valence-electron chi connectivity index (χ3n) is 4.86. The number of nitriles is 1. The Kier molecular flexibility index (Phi) is 6.63. The second kappa shape index (κ2) is 9.55. The van der Waals surface area contributed by atoms with Gasteiger partial charge in [0.25, 0.3) is 5.91 Å². The van der Waals surface area contributed by atoms with Crippen molar-refractivity contribution >= 4 is 29.0 Å². The van der Waals surface area contributed by atoms with Gasteiger partial charge in [-0.25, -0.2) is 4.98 Å².